The van der Waals surface area contributed by atoms with Crippen LogP contribution in [0.15, 0.2) is 24.3 Å². The van der Waals surface area contributed by atoms with E-state index in [1.165, 1.54) is 160 Å². The second-order valence-corrected chi connectivity index (χ2v) is 11.9. The zero-order valence-corrected chi connectivity index (χ0v) is 27.0. The second kappa shape index (κ2) is 30.9. The van der Waals surface area contributed by atoms with E-state index in [1.807, 2.05) is 0 Å². The van der Waals surface area contributed by atoms with Crippen molar-refractivity contribution >= 4 is 0 Å². The fraction of sp³-hybridized carbons (Fsp3) is 0.838. The quantitative estimate of drug-likeness (QED) is 0.0820. The van der Waals surface area contributed by atoms with Crippen LogP contribution in [0.5, 0.6) is 5.75 Å². The number of hydrogen-bond acceptors (Lipinski definition) is 3. The van der Waals surface area contributed by atoms with Crippen LogP contribution >= 0.6 is 0 Å². The maximum atomic E-state index is 5.82. The summed E-state index contributed by atoms with van der Waals surface area (Å²) in [4.78, 5) is 0. The molecule has 0 atom stereocenters. The van der Waals surface area contributed by atoms with Gasteiger partial charge in [-0.1, -0.05) is 161 Å². The summed E-state index contributed by atoms with van der Waals surface area (Å²) >= 11 is 0. The van der Waals surface area contributed by atoms with Gasteiger partial charge in [-0.2, -0.15) is 0 Å². The lowest BCUT2D eigenvalue weighted by atomic mass is 10.0. The van der Waals surface area contributed by atoms with Crippen molar-refractivity contribution in [3.05, 3.63) is 29.8 Å². The largest absolute Gasteiger partial charge is 0.491 e. The third-order valence-electron chi connectivity index (χ3n) is 8.00. The summed E-state index contributed by atoms with van der Waals surface area (Å²) in [6.45, 7) is 7.98. The average molecular weight is 561 g/mol. The minimum Gasteiger partial charge on any atom is -0.491 e. The maximum absolute atomic E-state index is 5.82. The van der Waals surface area contributed by atoms with Crippen molar-refractivity contribution in [2.75, 3.05) is 33.0 Å². The fourth-order valence-electron chi connectivity index (χ4n) is 5.33. The van der Waals surface area contributed by atoms with E-state index in [0.717, 1.165) is 12.4 Å². The highest BCUT2D eigenvalue weighted by atomic mass is 16.5. The van der Waals surface area contributed by atoms with E-state index in [1.54, 1.807) is 0 Å². The van der Waals surface area contributed by atoms with Crippen LogP contribution in [0.2, 0.25) is 0 Å². The summed E-state index contributed by atoms with van der Waals surface area (Å²) in [5, 5.41) is 0. The highest BCUT2D eigenvalue weighted by Crippen LogP contribution is 2.16. The molecular formula is C37H68O3. The lowest BCUT2D eigenvalue weighted by Gasteiger charge is -2.09. The van der Waals surface area contributed by atoms with E-state index in [9.17, 15) is 0 Å². The Morgan fingerprint density at radius 2 is 0.750 bits per heavy atom. The van der Waals surface area contributed by atoms with Gasteiger partial charge in [-0.25, -0.2) is 0 Å². The summed E-state index contributed by atoms with van der Waals surface area (Å²) in [5.74, 6) is 0.937. The first-order chi connectivity index (χ1) is 19.9. The lowest BCUT2D eigenvalue weighted by Crippen LogP contribution is -2.11. The minimum atomic E-state index is 0.593. The highest BCUT2D eigenvalue weighted by Gasteiger charge is 1.99. The highest BCUT2D eigenvalue weighted by molar-refractivity contribution is 5.27. The number of ether oxygens (including phenoxy) is 3. The fourth-order valence-corrected chi connectivity index (χ4v) is 5.33. The molecule has 0 aromatic heterocycles. The Kier molecular flexibility index (Phi) is 28.5. The third kappa shape index (κ3) is 25.9. The van der Waals surface area contributed by atoms with Crippen LogP contribution in [-0.4, -0.2) is 33.0 Å². The van der Waals surface area contributed by atoms with Gasteiger partial charge in [0.1, 0.15) is 12.4 Å². The molecule has 40 heavy (non-hydrogen) atoms. The first kappa shape index (κ1) is 37.0. The Hall–Kier alpha value is -1.06. The summed E-state index contributed by atoms with van der Waals surface area (Å²) in [5.41, 5.74) is 1.42. The van der Waals surface area contributed by atoms with Crippen molar-refractivity contribution in [3.8, 4) is 5.75 Å². The van der Waals surface area contributed by atoms with Crippen molar-refractivity contribution in [2.45, 2.75) is 168 Å². The number of aryl methyl sites for hydroxylation is 1. The van der Waals surface area contributed by atoms with E-state index < -0.39 is 0 Å². The van der Waals surface area contributed by atoms with Crippen molar-refractivity contribution in [3.63, 3.8) is 0 Å². The van der Waals surface area contributed by atoms with Crippen LogP contribution in [-0.2, 0) is 15.9 Å². The van der Waals surface area contributed by atoms with Gasteiger partial charge >= 0.3 is 0 Å². The predicted molar refractivity (Wildman–Crippen MR) is 175 cm³/mol. The van der Waals surface area contributed by atoms with Crippen molar-refractivity contribution in [1.82, 2.24) is 0 Å². The van der Waals surface area contributed by atoms with Crippen molar-refractivity contribution in [2.24, 2.45) is 0 Å². The zero-order valence-electron chi connectivity index (χ0n) is 27.0. The van der Waals surface area contributed by atoms with Gasteiger partial charge in [-0.3, -0.25) is 0 Å². The Labute approximate surface area is 250 Å². The molecule has 1 rings (SSSR count). The molecule has 234 valence electrons. The Morgan fingerprint density at radius 3 is 1.23 bits per heavy atom. The second-order valence-electron chi connectivity index (χ2n) is 11.9. The Bertz CT molecular complexity index is 600. The van der Waals surface area contributed by atoms with Gasteiger partial charge in [0.25, 0.3) is 0 Å². The number of unbranched alkanes of at least 4 members (excludes halogenated alkanes) is 21. The van der Waals surface area contributed by atoms with Gasteiger partial charge in [-0.15, -0.1) is 0 Å². The summed E-state index contributed by atoms with van der Waals surface area (Å²) in [6, 6.07) is 8.61. The number of benzene rings is 1. The molecular weight excluding hydrogens is 492 g/mol. The molecule has 3 heteroatoms. The van der Waals surface area contributed by atoms with Crippen molar-refractivity contribution < 1.29 is 14.2 Å². The van der Waals surface area contributed by atoms with E-state index in [0.29, 0.717) is 26.4 Å². The van der Waals surface area contributed by atoms with Crippen molar-refractivity contribution in [1.29, 1.82) is 0 Å². The van der Waals surface area contributed by atoms with Crippen LogP contribution in [0.25, 0.3) is 0 Å². The van der Waals surface area contributed by atoms with Crippen LogP contribution in [0.1, 0.15) is 167 Å². The molecule has 1 aromatic rings. The van der Waals surface area contributed by atoms with Gasteiger partial charge < -0.3 is 14.2 Å². The SMILES string of the molecule is CCCCCCCCCCCCCCCCCCOCCOCCOc1ccc(CCCCCCCCC)cc1. The molecule has 0 fully saturated rings. The van der Waals surface area contributed by atoms with Gasteiger partial charge in [0.15, 0.2) is 0 Å². The molecule has 0 unspecified atom stereocenters. The zero-order chi connectivity index (χ0) is 28.6. The molecule has 0 aliphatic carbocycles. The van der Waals surface area contributed by atoms with Gasteiger partial charge in [-0.05, 0) is 37.0 Å². The molecule has 0 aliphatic rings. The first-order valence-electron chi connectivity index (χ1n) is 17.7. The van der Waals surface area contributed by atoms with Gasteiger partial charge in [0.05, 0.1) is 19.8 Å². The Balaban J connectivity index is 1.76. The van der Waals surface area contributed by atoms with Crippen LogP contribution in [0.4, 0.5) is 0 Å². The van der Waals surface area contributed by atoms with E-state index in [4.69, 9.17) is 14.2 Å². The number of hydrogen-bond donors (Lipinski definition) is 0. The van der Waals surface area contributed by atoms with Gasteiger partial charge in [0, 0.05) is 6.61 Å². The number of rotatable bonds is 32. The average Bonchev–Trinajstić information content (AvgIpc) is 2.98. The molecule has 0 saturated heterocycles. The maximum Gasteiger partial charge on any atom is 0.119 e. The molecule has 0 aliphatic heterocycles. The topological polar surface area (TPSA) is 27.7 Å². The Morgan fingerprint density at radius 1 is 0.375 bits per heavy atom. The van der Waals surface area contributed by atoms with E-state index >= 15 is 0 Å². The third-order valence-corrected chi connectivity index (χ3v) is 8.00. The standard InChI is InChI=1S/C37H68O3/c1-3-5-7-9-11-12-13-14-15-16-17-18-19-21-23-25-31-38-32-33-39-34-35-40-37-29-27-36(28-30-37)26-24-22-20-10-8-6-4-2/h27-30H,3-26,31-35H2,1-2H3. The smallest absolute Gasteiger partial charge is 0.119 e. The summed E-state index contributed by atoms with van der Waals surface area (Å²) in [7, 11) is 0. The monoisotopic (exact) mass is 561 g/mol. The van der Waals surface area contributed by atoms with Crippen LogP contribution in [0.3, 0.4) is 0 Å². The molecule has 3 nitrogen and oxygen atoms in total. The summed E-state index contributed by atoms with van der Waals surface area (Å²) < 4.78 is 17.2. The molecule has 0 heterocycles. The molecule has 0 bridgehead atoms. The van der Waals surface area contributed by atoms with Crippen LogP contribution in [0, 0.1) is 0 Å². The molecule has 0 saturated carbocycles. The molecule has 0 amide bonds. The molecule has 0 radical (unpaired) electrons. The molecule has 1 aromatic carbocycles. The molecule has 0 N–H and O–H groups in total. The van der Waals surface area contributed by atoms with Gasteiger partial charge in [0.2, 0.25) is 0 Å². The van der Waals surface area contributed by atoms with E-state index in [2.05, 4.69) is 38.1 Å². The van der Waals surface area contributed by atoms with Crippen LogP contribution < -0.4 is 4.74 Å². The van der Waals surface area contributed by atoms with E-state index in [-0.39, 0.29) is 0 Å². The first-order valence-corrected chi connectivity index (χ1v) is 17.7. The normalized spacial score (nSPS) is 11.3. The lowest BCUT2D eigenvalue weighted by molar-refractivity contribution is 0.0352. The predicted octanol–water partition coefficient (Wildman–Crippen LogP) is 11.7. The summed E-state index contributed by atoms with van der Waals surface area (Å²) in [6.07, 6.45) is 33.2. The molecule has 0 spiro atoms. The minimum absolute atomic E-state index is 0.593.